The predicted octanol–water partition coefficient (Wildman–Crippen LogP) is -0.548. The van der Waals surface area contributed by atoms with E-state index in [4.69, 9.17) is 4.74 Å². The SMILES string of the molecule is Cc1nnnn1C[C@@H](O)CN1C[C@@H](C)O[C@@H](C)C1. The van der Waals surface area contributed by atoms with E-state index in [0.29, 0.717) is 13.1 Å². The Kier molecular flexibility index (Phi) is 4.26. The molecule has 0 amide bonds. The van der Waals surface area contributed by atoms with Gasteiger partial charge in [-0.3, -0.25) is 4.90 Å². The van der Waals surface area contributed by atoms with Gasteiger partial charge in [0.05, 0.1) is 24.9 Å². The second-order valence-electron chi connectivity index (χ2n) is 5.04. The first kappa shape index (κ1) is 13.4. The summed E-state index contributed by atoms with van der Waals surface area (Å²) in [4.78, 5) is 2.23. The molecule has 1 aliphatic rings. The van der Waals surface area contributed by atoms with Crippen molar-refractivity contribution >= 4 is 0 Å². The topological polar surface area (TPSA) is 76.3 Å². The van der Waals surface area contributed by atoms with Crippen LogP contribution in [0.15, 0.2) is 0 Å². The summed E-state index contributed by atoms with van der Waals surface area (Å²) in [6, 6.07) is 0. The van der Waals surface area contributed by atoms with Gasteiger partial charge in [-0.1, -0.05) is 0 Å². The van der Waals surface area contributed by atoms with Crippen molar-refractivity contribution in [2.24, 2.45) is 0 Å². The van der Waals surface area contributed by atoms with Crippen LogP contribution in [-0.2, 0) is 11.3 Å². The fourth-order valence-corrected chi connectivity index (χ4v) is 2.41. The lowest BCUT2D eigenvalue weighted by Gasteiger charge is -2.36. The first-order valence-electron chi connectivity index (χ1n) is 6.33. The summed E-state index contributed by atoms with van der Waals surface area (Å²) in [5, 5.41) is 21.3. The molecule has 1 fully saturated rings. The normalized spacial score (nSPS) is 27.3. The number of rotatable bonds is 4. The molecule has 18 heavy (non-hydrogen) atoms. The molecule has 0 radical (unpaired) electrons. The number of nitrogens with zero attached hydrogens (tertiary/aromatic N) is 5. The van der Waals surface area contributed by atoms with Crippen LogP contribution in [0.25, 0.3) is 0 Å². The molecular weight excluding hydrogens is 234 g/mol. The van der Waals surface area contributed by atoms with Crippen molar-refractivity contribution in [2.45, 2.75) is 45.6 Å². The maximum atomic E-state index is 10.1. The Labute approximate surface area is 107 Å². The van der Waals surface area contributed by atoms with Crippen LogP contribution >= 0.6 is 0 Å². The molecule has 7 nitrogen and oxygen atoms in total. The van der Waals surface area contributed by atoms with E-state index in [1.54, 1.807) is 4.68 Å². The van der Waals surface area contributed by atoms with E-state index in [2.05, 4.69) is 34.3 Å². The third-order valence-corrected chi connectivity index (χ3v) is 3.06. The van der Waals surface area contributed by atoms with Crippen molar-refractivity contribution in [3.8, 4) is 0 Å². The van der Waals surface area contributed by atoms with Gasteiger partial charge in [-0.05, 0) is 31.2 Å². The van der Waals surface area contributed by atoms with E-state index in [-0.39, 0.29) is 12.2 Å². The smallest absolute Gasteiger partial charge is 0.148 e. The molecule has 0 aromatic carbocycles. The van der Waals surface area contributed by atoms with Crippen molar-refractivity contribution in [2.75, 3.05) is 19.6 Å². The lowest BCUT2D eigenvalue weighted by molar-refractivity contribution is -0.0774. The van der Waals surface area contributed by atoms with Crippen molar-refractivity contribution in [3.05, 3.63) is 5.82 Å². The van der Waals surface area contributed by atoms with Crippen molar-refractivity contribution in [1.82, 2.24) is 25.1 Å². The molecule has 0 saturated carbocycles. The van der Waals surface area contributed by atoms with Gasteiger partial charge in [0, 0.05) is 19.6 Å². The molecular formula is C11H21N5O2. The molecule has 0 spiro atoms. The molecule has 1 aromatic rings. The maximum Gasteiger partial charge on any atom is 0.148 e. The first-order valence-corrected chi connectivity index (χ1v) is 6.33. The van der Waals surface area contributed by atoms with Crippen LogP contribution in [0.2, 0.25) is 0 Å². The van der Waals surface area contributed by atoms with E-state index in [1.807, 2.05) is 6.92 Å². The van der Waals surface area contributed by atoms with Crippen LogP contribution in [0.5, 0.6) is 0 Å². The summed E-state index contributed by atoms with van der Waals surface area (Å²) in [5.74, 6) is 0.720. The molecule has 1 aliphatic heterocycles. The lowest BCUT2D eigenvalue weighted by atomic mass is 10.2. The minimum absolute atomic E-state index is 0.218. The Hall–Kier alpha value is -1.05. The predicted molar refractivity (Wildman–Crippen MR) is 65.0 cm³/mol. The lowest BCUT2D eigenvalue weighted by Crippen LogP contribution is -2.48. The monoisotopic (exact) mass is 255 g/mol. The molecule has 7 heteroatoms. The third-order valence-electron chi connectivity index (χ3n) is 3.06. The van der Waals surface area contributed by atoms with Crippen LogP contribution in [0.3, 0.4) is 0 Å². The Balaban J connectivity index is 1.83. The van der Waals surface area contributed by atoms with Crippen molar-refractivity contribution < 1.29 is 9.84 Å². The highest BCUT2D eigenvalue weighted by atomic mass is 16.5. The van der Waals surface area contributed by atoms with Gasteiger partial charge < -0.3 is 9.84 Å². The Morgan fingerprint density at radius 3 is 2.56 bits per heavy atom. The van der Waals surface area contributed by atoms with Crippen LogP contribution in [-0.4, -0.2) is 68.2 Å². The zero-order valence-electron chi connectivity index (χ0n) is 11.2. The summed E-state index contributed by atoms with van der Waals surface area (Å²) < 4.78 is 7.29. The number of aryl methyl sites for hydroxylation is 1. The van der Waals surface area contributed by atoms with Gasteiger partial charge in [0.15, 0.2) is 0 Å². The average Bonchev–Trinajstić information content (AvgIpc) is 2.62. The highest BCUT2D eigenvalue weighted by Crippen LogP contribution is 2.11. The number of aliphatic hydroxyl groups excluding tert-OH is 1. The average molecular weight is 255 g/mol. The molecule has 1 N–H and O–H groups in total. The molecule has 2 heterocycles. The molecule has 0 unspecified atom stereocenters. The number of hydrogen-bond donors (Lipinski definition) is 1. The highest BCUT2D eigenvalue weighted by molar-refractivity contribution is 4.78. The van der Waals surface area contributed by atoms with Crippen LogP contribution in [0, 0.1) is 6.92 Å². The van der Waals surface area contributed by atoms with Gasteiger partial charge in [0.2, 0.25) is 0 Å². The standard InChI is InChI=1S/C11H21N5O2/c1-8-4-15(5-9(2)18-8)6-11(17)7-16-10(3)12-13-14-16/h8-9,11,17H,4-7H2,1-3H3/t8-,9+,11-/m0/s1. The Morgan fingerprint density at radius 2 is 2.00 bits per heavy atom. The number of aliphatic hydroxyl groups is 1. The van der Waals surface area contributed by atoms with Crippen LogP contribution in [0.4, 0.5) is 0 Å². The van der Waals surface area contributed by atoms with E-state index >= 15 is 0 Å². The van der Waals surface area contributed by atoms with Gasteiger partial charge in [-0.15, -0.1) is 5.10 Å². The minimum atomic E-state index is -0.468. The molecule has 1 saturated heterocycles. The quantitative estimate of drug-likeness (QED) is 0.778. The third kappa shape index (κ3) is 3.47. The van der Waals surface area contributed by atoms with Gasteiger partial charge >= 0.3 is 0 Å². The second kappa shape index (κ2) is 5.73. The number of morpholine rings is 1. The van der Waals surface area contributed by atoms with Gasteiger partial charge in [-0.2, -0.15) is 0 Å². The first-order chi connectivity index (χ1) is 8.54. The van der Waals surface area contributed by atoms with Gasteiger partial charge in [0.1, 0.15) is 5.82 Å². The van der Waals surface area contributed by atoms with Crippen LogP contribution < -0.4 is 0 Å². The van der Waals surface area contributed by atoms with E-state index < -0.39 is 6.10 Å². The maximum absolute atomic E-state index is 10.1. The Bertz CT molecular complexity index is 373. The summed E-state index contributed by atoms with van der Waals surface area (Å²) in [7, 11) is 0. The molecule has 0 aliphatic carbocycles. The van der Waals surface area contributed by atoms with E-state index in [0.717, 1.165) is 18.9 Å². The minimum Gasteiger partial charge on any atom is -0.390 e. The molecule has 2 rings (SSSR count). The summed E-state index contributed by atoms with van der Waals surface area (Å²) in [6.07, 6.45) is -0.0313. The zero-order valence-corrected chi connectivity index (χ0v) is 11.2. The number of hydrogen-bond acceptors (Lipinski definition) is 6. The second-order valence-corrected chi connectivity index (χ2v) is 5.04. The fourth-order valence-electron chi connectivity index (χ4n) is 2.41. The van der Waals surface area contributed by atoms with Crippen molar-refractivity contribution in [1.29, 1.82) is 0 Å². The Morgan fingerprint density at radius 1 is 1.33 bits per heavy atom. The number of ether oxygens (including phenoxy) is 1. The van der Waals surface area contributed by atoms with Gasteiger partial charge in [0.25, 0.3) is 0 Å². The highest BCUT2D eigenvalue weighted by Gasteiger charge is 2.24. The number of aromatic nitrogens is 4. The molecule has 102 valence electrons. The molecule has 3 atom stereocenters. The summed E-state index contributed by atoms with van der Waals surface area (Å²) >= 11 is 0. The largest absolute Gasteiger partial charge is 0.390 e. The van der Waals surface area contributed by atoms with E-state index in [1.165, 1.54) is 0 Å². The van der Waals surface area contributed by atoms with Crippen LogP contribution in [0.1, 0.15) is 19.7 Å². The van der Waals surface area contributed by atoms with Gasteiger partial charge in [-0.25, -0.2) is 4.68 Å². The van der Waals surface area contributed by atoms with Crippen molar-refractivity contribution in [3.63, 3.8) is 0 Å². The van der Waals surface area contributed by atoms with E-state index in [9.17, 15) is 5.11 Å². The molecule has 0 bridgehead atoms. The number of β-amino-alcohol motifs (C(OH)–C–C–N with tert-alkyl or cyclic N) is 1. The summed E-state index contributed by atoms with van der Waals surface area (Å²) in [6.45, 7) is 8.70. The summed E-state index contributed by atoms with van der Waals surface area (Å²) in [5.41, 5.74) is 0. The zero-order chi connectivity index (χ0) is 13.1. The molecule has 1 aromatic heterocycles. The fraction of sp³-hybridized carbons (Fsp3) is 0.909. The number of tetrazole rings is 1.